The van der Waals surface area contributed by atoms with Gasteiger partial charge < -0.3 is 4.74 Å². The van der Waals surface area contributed by atoms with Gasteiger partial charge in [-0.15, -0.1) is 0 Å². The lowest BCUT2D eigenvalue weighted by Gasteiger charge is -2.07. The smallest absolute Gasteiger partial charge is 0.167 e. The minimum Gasteiger partial charge on any atom is -0.494 e. The molecule has 0 radical (unpaired) electrons. The number of ether oxygens (including phenoxy) is 1. The normalized spacial score (nSPS) is 10.3. The van der Waals surface area contributed by atoms with Gasteiger partial charge in [0.15, 0.2) is 5.78 Å². The molecule has 0 saturated heterocycles. The Kier molecular flexibility index (Phi) is 4.90. The zero-order chi connectivity index (χ0) is 14.5. The maximum atomic E-state index is 13.4. The third kappa shape index (κ3) is 3.45. The van der Waals surface area contributed by atoms with Crippen LogP contribution in [0.2, 0.25) is 0 Å². The summed E-state index contributed by atoms with van der Waals surface area (Å²) in [5, 5.41) is 0. The Bertz CT molecular complexity index is 626. The number of halogens is 2. The number of rotatable bonds is 5. The fourth-order valence-electron chi connectivity index (χ4n) is 1.89. The van der Waals surface area contributed by atoms with Crippen molar-refractivity contribution < 1.29 is 13.9 Å². The van der Waals surface area contributed by atoms with Crippen molar-refractivity contribution in [2.45, 2.75) is 13.3 Å². The first-order valence-corrected chi connectivity index (χ1v) is 7.10. The van der Waals surface area contributed by atoms with E-state index in [2.05, 4.69) is 15.9 Å². The molecule has 20 heavy (non-hydrogen) atoms. The van der Waals surface area contributed by atoms with Crippen LogP contribution in [0.3, 0.4) is 0 Å². The van der Waals surface area contributed by atoms with E-state index in [1.165, 1.54) is 6.07 Å². The predicted octanol–water partition coefficient (Wildman–Crippen LogP) is 4.41. The predicted molar refractivity (Wildman–Crippen MR) is 79.7 cm³/mol. The molecule has 0 saturated carbocycles. The first kappa shape index (κ1) is 14.7. The third-order valence-electron chi connectivity index (χ3n) is 2.85. The van der Waals surface area contributed by atoms with Crippen molar-refractivity contribution in [2.24, 2.45) is 0 Å². The van der Waals surface area contributed by atoms with Gasteiger partial charge in [-0.05, 0) is 46.6 Å². The molecule has 0 fully saturated rings. The second kappa shape index (κ2) is 6.66. The average molecular weight is 337 g/mol. The quantitative estimate of drug-likeness (QED) is 0.756. The highest BCUT2D eigenvalue weighted by Crippen LogP contribution is 2.22. The fraction of sp³-hybridized carbons (Fsp3) is 0.188. The summed E-state index contributed by atoms with van der Waals surface area (Å²) in [7, 11) is 0. The second-order valence-corrected chi connectivity index (χ2v) is 5.07. The van der Waals surface area contributed by atoms with E-state index in [4.69, 9.17) is 4.74 Å². The van der Waals surface area contributed by atoms with Gasteiger partial charge >= 0.3 is 0 Å². The minimum absolute atomic E-state index is 0.0714. The topological polar surface area (TPSA) is 26.3 Å². The molecule has 0 spiro atoms. The zero-order valence-corrected chi connectivity index (χ0v) is 12.6. The molecule has 0 atom stereocenters. The summed E-state index contributed by atoms with van der Waals surface area (Å²) in [6.07, 6.45) is 0.147. The van der Waals surface area contributed by atoms with Gasteiger partial charge in [0.05, 0.1) is 11.1 Å². The van der Waals surface area contributed by atoms with E-state index in [0.29, 0.717) is 28.0 Å². The molecule has 0 aromatic heterocycles. The fourth-order valence-corrected chi connectivity index (χ4v) is 2.29. The van der Waals surface area contributed by atoms with Crippen molar-refractivity contribution >= 4 is 21.7 Å². The van der Waals surface area contributed by atoms with E-state index in [1.54, 1.807) is 36.4 Å². The number of benzene rings is 2. The van der Waals surface area contributed by atoms with Crippen LogP contribution in [-0.2, 0) is 6.42 Å². The lowest BCUT2D eigenvalue weighted by Crippen LogP contribution is -2.05. The molecule has 2 aromatic rings. The van der Waals surface area contributed by atoms with Crippen LogP contribution >= 0.6 is 15.9 Å². The highest BCUT2D eigenvalue weighted by atomic mass is 79.9. The second-order valence-electron chi connectivity index (χ2n) is 4.27. The maximum Gasteiger partial charge on any atom is 0.167 e. The van der Waals surface area contributed by atoms with Gasteiger partial charge in [-0.1, -0.05) is 24.3 Å². The lowest BCUT2D eigenvalue weighted by atomic mass is 10.0. The molecule has 0 aliphatic rings. The number of hydrogen-bond acceptors (Lipinski definition) is 2. The molecular weight excluding hydrogens is 323 g/mol. The summed E-state index contributed by atoms with van der Waals surface area (Å²) >= 11 is 3.17. The number of Topliss-reactive ketones (excluding diaryl/α,β-unsaturated/α-hetero) is 1. The van der Waals surface area contributed by atoms with E-state index in [9.17, 15) is 9.18 Å². The Balaban J connectivity index is 2.19. The molecule has 0 aliphatic heterocycles. The summed E-state index contributed by atoms with van der Waals surface area (Å²) in [6, 6.07) is 11.7. The summed E-state index contributed by atoms with van der Waals surface area (Å²) in [6.45, 7) is 2.44. The van der Waals surface area contributed by atoms with Crippen LogP contribution in [0, 0.1) is 5.82 Å². The van der Waals surface area contributed by atoms with Crippen LogP contribution in [0.15, 0.2) is 46.9 Å². The molecule has 0 N–H and O–H groups in total. The van der Waals surface area contributed by atoms with Crippen LogP contribution in [0.4, 0.5) is 4.39 Å². The van der Waals surface area contributed by atoms with Crippen molar-refractivity contribution in [3.63, 3.8) is 0 Å². The molecule has 0 unspecified atom stereocenters. The van der Waals surface area contributed by atoms with Crippen molar-refractivity contribution in [3.05, 3.63) is 63.9 Å². The number of carbonyl (C=O) groups is 1. The van der Waals surface area contributed by atoms with Gasteiger partial charge in [0.2, 0.25) is 0 Å². The molecule has 2 aromatic carbocycles. The Labute approximate surface area is 125 Å². The molecular formula is C16H14BrFO2. The first-order valence-electron chi connectivity index (χ1n) is 6.30. The van der Waals surface area contributed by atoms with Crippen LogP contribution in [0.5, 0.6) is 5.75 Å². The lowest BCUT2D eigenvalue weighted by molar-refractivity contribution is 0.0992. The van der Waals surface area contributed by atoms with Gasteiger partial charge in [0, 0.05) is 12.0 Å². The van der Waals surface area contributed by atoms with Gasteiger partial charge in [-0.3, -0.25) is 4.79 Å². The zero-order valence-electron chi connectivity index (χ0n) is 11.0. The van der Waals surface area contributed by atoms with E-state index in [0.717, 1.165) is 0 Å². The van der Waals surface area contributed by atoms with E-state index < -0.39 is 0 Å². The van der Waals surface area contributed by atoms with Crippen LogP contribution < -0.4 is 4.74 Å². The Morgan fingerprint density at radius 3 is 2.75 bits per heavy atom. The highest BCUT2D eigenvalue weighted by molar-refractivity contribution is 9.10. The summed E-state index contributed by atoms with van der Waals surface area (Å²) in [5.41, 5.74) is 1.20. The van der Waals surface area contributed by atoms with E-state index in [-0.39, 0.29) is 18.0 Å². The standard InChI is InChI=1S/C16H14BrFO2/c1-2-20-13-7-3-5-11(9-13)15(19)10-12-6-4-8-14(18)16(12)17/h3-9H,2,10H2,1H3. The maximum absolute atomic E-state index is 13.4. The summed E-state index contributed by atoms with van der Waals surface area (Å²) < 4.78 is 19.1. The van der Waals surface area contributed by atoms with Crippen molar-refractivity contribution in [1.82, 2.24) is 0 Å². The van der Waals surface area contributed by atoms with Gasteiger partial charge in [-0.2, -0.15) is 0 Å². The molecule has 104 valence electrons. The van der Waals surface area contributed by atoms with Gasteiger partial charge in [-0.25, -0.2) is 4.39 Å². The molecule has 2 nitrogen and oxygen atoms in total. The van der Waals surface area contributed by atoms with Crippen molar-refractivity contribution in [2.75, 3.05) is 6.61 Å². The average Bonchev–Trinajstić information content (AvgIpc) is 2.44. The Morgan fingerprint density at radius 1 is 1.25 bits per heavy atom. The van der Waals surface area contributed by atoms with Crippen LogP contribution in [-0.4, -0.2) is 12.4 Å². The van der Waals surface area contributed by atoms with Crippen molar-refractivity contribution in [3.8, 4) is 5.75 Å². The number of hydrogen-bond donors (Lipinski definition) is 0. The molecule has 0 bridgehead atoms. The van der Waals surface area contributed by atoms with E-state index in [1.807, 2.05) is 6.92 Å². The first-order chi connectivity index (χ1) is 9.61. The molecule has 4 heteroatoms. The Hall–Kier alpha value is -1.68. The monoisotopic (exact) mass is 336 g/mol. The van der Waals surface area contributed by atoms with Gasteiger partial charge in [0.1, 0.15) is 11.6 Å². The molecule has 2 rings (SSSR count). The molecule has 0 heterocycles. The van der Waals surface area contributed by atoms with Crippen LogP contribution in [0.25, 0.3) is 0 Å². The number of carbonyl (C=O) groups excluding carboxylic acids is 1. The minimum atomic E-state index is -0.363. The van der Waals surface area contributed by atoms with Crippen LogP contribution in [0.1, 0.15) is 22.8 Å². The number of ketones is 1. The summed E-state index contributed by atoms with van der Waals surface area (Å²) in [5.74, 6) is 0.230. The van der Waals surface area contributed by atoms with Crippen molar-refractivity contribution in [1.29, 1.82) is 0 Å². The highest BCUT2D eigenvalue weighted by Gasteiger charge is 2.12. The molecule has 0 aliphatic carbocycles. The van der Waals surface area contributed by atoms with E-state index >= 15 is 0 Å². The Morgan fingerprint density at radius 2 is 2.00 bits per heavy atom. The third-order valence-corrected chi connectivity index (χ3v) is 3.74. The summed E-state index contributed by atoms with van der Waals surface area (Å²) in [4.78, 5) is 12.2. The SMILES string of the molecule is CCOc1cccc(C(=O)Cc2cccc(F)c2Br)c1. The largest absolute Gasteiger partial charge is 0.494 e. The molecule has 0 amide bonds. The van der Waals surface area contributed by atoms with Gasteiger partial charge in [0.25, 0.3) is 0 Å².